The zero-order valence-corrected chi connectivity index (χ0v) is 16.4. The smallest absolute Gasteiger partial charge is 0.260 e. The molecule has 4 rings (SSSR count). The Morgan fingerprint density at radius 3 is 2.78 bits per heavy atom. The monoisotopic (exact) mass is 395 g/mol. The Morgan fingerprint density at radius 2 is 2.07 bits per heavy atom. The summed E-state index contributed by atoms with van der Waals surface area (Å²) in [5.41, 5.74) is 2.23. The molecule has 4 aromatic rings. The molecule has 4 heterocycles. The fraction of sp³-hybridized carbons (Fsp3) is 0.158. The Morgan fingerprint density at radius 1 is 1.19 bits per heavy atom. The molecule has 0 saturated carbocycles. The number of thiophene rings is 1. The number of carbonyl (C=O) groups excluding carboxylic acids is 1. The molecule has 0 aliphatic heterocycles. The van der Waals surface area contributed by atoms with E-state index in [2.05, 4.69) is 20.4 Å². The maximum Gasteiger partial charge on any atom is 0.260 e. The lowest BCUT2D eigenvalue weighted by Crippen LogP contribution is -2.15. The van der Waals surface area contributed by atoms with E-state index in [-0.39, 0.29) is 11.8 Å². The molecule has 4 aromatic heterocycles. The van der Waals surface area contributed by atoms with Gasteiger partial charge in [0.1, 0.15) is 0 Å². The van der Waals surface area contributed by atoms with Crippen molar-refractivity contribution in [2.24, 2.45) is 0 Å². The highest BCUT2D eigenvalue weighted by atomic mass is 32.1. The van der Waals surface area contributed by atoms with Gasteiger partial charge in [-0.1, -0.05) is 26.0 Å². The molecule has 0 unspecified atom stereocenters. The van der Waals surface area contributed by atoms with Gasteiger partial charge < -0.3 is 0 Å². The molecule has 1 N–H and O–H groups in total. The highest BCUT2D eigenvalue weighted by molar-refractivity contribution is 7.16. The fourth-order valence-corrected chi connectivity index (χ4v) is 4.25. The number of rotatable bonds is 5. The SMILES string of the molecule is CC(C)c1c(C(=O)Nc2nc(-c3cccs3)cs2)cnn1-c1ccccn1. The lowest BCUT2D eigenvalue weighted by atomic mass is 10.1. The number of nitrogens with zero attached hydrogens (tertiary/aromatic N) is 4. The van der Waals surface area contributed by atoms with Gasteiger partial charge in [-0.3, -0.25) is 10.1 Å². The molecule has 0 aliphatic rings. The van der Waals surface area contributed by atoms with Gasteiger partial charge in [-0.15, -0.1) is 22.7 Å². The van der Waals surface area contributed by atoms with Crippen LogP contribution < -0.4 is 5.32 Å². The van der Waals surface area contributed by atoms with Crippen molar-refractivity contribution in [2.45, 2.75) is 19.8 Å². The van der Waals surface area contributed by atoms with Crippen LogP contribution in [0.5, 0.6) is 0 Å². The quantitative estimate of drug-likeness (QED) is 0.525. The minimum absolute atomic E-state index is 0.105. The first kappa shape index (κ1) is 17.6. The largest absolute Gasteiger partial charge is 0.298 e. The third-order valence-corrected chi connectivity index (χ3v) is 5.61. The summed E-state index contributed by atoms with van der Waals surface area (Å²) < 4.78 is 1.72. The standard InChI is InChI=1S/C19H17N5OS2/c1-12(2)17-13(10-21-24(17)16-7-3-4-8-20-16)18(25)23-19-22-14(11-27-19)15-6-5-9-26-15/h3-12H,1-2H3,(H,22,23,25). The van der Waals surface area contributed by atoms with E-state index >= 15 is 0 Å². The van der Waals surface area contributed by atoms with Gasteiger partial charge in [-0.05, 0) is 29.5 Å². The zero-order chi connectivity index (χ0) is 18.8. The van der Waals surface area contributed by atoms with Crippen LogP contribution in [0.15, 0.2) is 53.5 Å². The minimum Gasteiger partial charge on any atom is -0.298 e. The molecule has 0 saturated heterocycles. The van der Waals surface area contributed by atoms with E-state index < -0.39 is 0 Å². The second kappa shape index (κ2) is 7.42. The predicted octanol–water partition coefficient (Wildman–Crippen LogP) is 4.83. The van der Waals surface area contributed by atoms with Gasteiger partial charge >= 0.3 is 0 Å². The molecule has 0 radical (unpaired) electrons. The van der Waals surface area contributed by atoms with Crippen molar-refractivity contribution in [3.8, 4) is 16.4 Å². The fourth-order valence-electron chi connectivity index (χ4n) is 2.78. The summed E-state index contributed by atoms with van der Waals surface area (Å²) in [4.78, 5) is 22.8. The average Bonchev–Trinajstić information content (AvgIpc) is 3.41. The molecule has 27 heavy (non-hydrogen) atoms. The van der Waals surface area contributed by atoms with Crippen LogP contribution in [0.4, 0.5) is 5.13 Å². The summed E-state index contributed by atoms with van der Waals surface area (Å²) >= 11 is 3.04. The van der Waals surface area contributed by atoms with Crippen LogP contribution in [-0.4, -0.2) is 25.7 Å². The van der Waals surface area contributed by atoms with Gasteiger partial charge in [0.2, 0.25) is 0 Å². The normalized spacial score (nSPS) is 11.1. The number of hydrogen-bond donors (Lipinski definition) is 1. The molecule has 0 aliphatic carbocycles. The maximum absolute atomic E-state index is 12.9. The van der Waals surface area contributed by atoms with Gasteiger partial charge in [0.25, 0.3) is 5.91 Å². The third-order valence-electron chi connectivity index (χ3n) is 3.96. The minimum atomic E-state index is -0.215. The predicted molar refractivity (Wildman–Crippen MR) is 109 cm³/mol. The van der Waals surface area contributed by atoms with Crippen molar-refractivity contribution >= 4 is 33.7 Å². The first-order chi connectivity index (χ1) is 13.1. The third kappa shape index (κ3) is 3.54. The van der Waals surface area contributed by atoms with Crippen LogP contribution in [0.25, 0.3) is 16.4 Å². The van der Waals surface area contributed by atoms with Crippen LogP contribution in [0, 0.1) is 0 Å². The highest BCUT2D eigenvalue weighted by Crippen LogP contribution is 2.29. The molecular formula is C19H17N5OS2. The van der Waals surface area contributed by atoms with E-state index in [1.807, 2.05) is 54.9 Å². The van der Waals surface area contributed by atoms with Crippen LogP contribution in [0.1, 0.15) is 35.8 Å². The summed E-state index contributed by atoms with van der Waals surface area (Å²) in [6.07, 6.45) is 3.30. The molecule has 0 spiro atoms. The summed E-state index contributed by atoms with van der Waals surface area (Å²) in [5.74, 6) is 0.579. The Bertz CT molecular complexity index is 1050. The number of carbonyl (C=O) groups is 1. The van der Waals surface area contributed by atoms with Crippen LogP contribution in [0.2, 0.25) is 0 Å². The Kier molecular flexibility index (Phi) is 4.83. The van der Waals surface area contributed by atoms with E-state index in [0.717, 1.165) is 16.3 Å². The topological polar surface area (TPSA) is 72.7 Å². The summed E-state index contributed by atoms with van der Waals surface area (Å²) in [7, 11) is 0. The summed E-state index contributed by atoms with van der Waals surface area (Å²) in [6.45, 7) is 4.07. The van der Waals surface area contributed by atoms with Gasteiger partial charge in [-0.2, -0.15) is 5.10 Å². The number of nitrogens with one attached hydrogen (secondary N) is 1. The zero-order valence-electron chi connectivity index (χ0n) is 14.8. The molecular weight excluding hydrogens is 378 g/mol. The number of pyridine rings is 1. The van der Waals surface area contributed by atoms with Crippen molar-refractivity contribution in [3.63, 3.8) is 0 Å². The van der Waals surface area contributed by atoms with E-state index in [4.69, 9.17) is 0 Å². The molecule has 1 amide bonds. The van der Waals surface area contributed by atoms with Crippen LogP contribution in [0.3, 0.4) is 0 Å². The maximum atomic E-state index is 12.9. The second-order valence-electron chi connectivity index (χ2n) is 6.17. The summed E-state index contributed by atoms with van der Waals surface area (Å²) in [6, 6.07) is 9.62. The number of anilines is 1. The van der Waals surface area contributed by atoms with E-state index in [9.17, 15) is 4.79 Å². The number of hydrogen-bond acceptors (Lipinski definition) is 6. The van der Waals surface area contributed by atoms with E-state index in [1.54, 1.807) is 28.4 Å². The molecule has 8 heteroatoms. The Hall–Kier alpha value is -2.84. The molecule has 0 fully saturated rings. The van der Waals surface area contributed by atoms with Crippen molar-refractivity contribution in [2.75, 3.05) is 5.32 Å². The molecule has 0 bridgehead atoms. The lowest BCUT2D eigenvalue weighted by Gasteiger charge is -2.11. The number of thiazole rings is 1. The van der Waals surface area contributed by atoms with E-state index in [1.165, 1.54) is 11.3 Å². The Labute approximate surface area is 164 Å². The second-order valence-corrected chi connectivity index (χ2v) is 7.97. The van der Waals surface area contributed by atoms with Crippen LogP contribution in [-0.2, 0) is 0 Å². The van der Waals surface area contributed by atoms with Crippen molar-refractivity contribution in [3.05, 3.63) is 64.7 Å². The van der Waals surface area contributed by atoms with E-state index in [0.29, 0.717) is 16.5 Å². The molecule has 0 atom stereocenters. The Balaban J connectivity index is 1.62. The highest BCUT2D eigenvalue weighted by Gasteiger charge is 2.22. The first-order valence-electron chi connectivity index (χ1n) is 8.43. The average molecular weight is 396 g/mol. The number of amides is 1. The van der Waals surface area contributed by atoms with Gasteiger partial charge in [0.15, 0.2) is 10.9 Å². The first-order valence-corrected chi connectivity index (χ1v) is 10.2. The van der Waals surface area contributed by atoms with Crippen molar-refractivity contribution in [1.29, 1.82) is 0 Å². The van der Waals surface area contributed by atoms with Crippen molar-refractivity contribution in [1.82, 2.24) is 19.7 Å². The van der Waals surface area contributed by atoms with Gasteiger partial charge in [-0.25, -0.2) is 14.6 Å². The molecule has 6 nitrogen and oxygen atoms in total. The van der Waals surface area contributed by atoms with Gasteiger partial charge in [0.05, 0.1) is 28.0 Å². The van der Waals surface area contributed by atoms with Crippen LogP contribution >= 0.6 is 22.7 Å². The van der Waals surface area contributed by atoms with Crippen molar-refractivity contribution < 1.29 is 4.79 Å². The molecule has 0 aromatic carbocycles. The lowest BCUT2D eigenvalue weighted by molar-refractivity contribution is 0.102. The number of aromatic nitrogens is 4. The van der Waals surface area contributed by atoms with Gasteiger partial charge in [0, 0.05) is 11.6 Å². The molecule has 136 valence electrons. The summed E-state index contributed by atoms with van der Waals surface area (Å²) in [5, 5.41) is 11.8.